The molecule has 2 aromatic rings. The summed E-state index contributed by atoms with van der Waals surface area (Å²) >= 11 is 0. The summed E-state index contributed by atoms with van der Waals surface area (Å²) in [5.41, 5.74) is 8.60. The highest BCUT2D eigenvalue weighted by molar-refractivity contribution is 5.65. The average molecular weight is 226 g/mol. The molecule has 0 fully saturated rings. The molecular weight excluding hydrogens is 212 g/mol. The van der Waals surface area contributed by atoms with Crippen LogP contribution in [0.15, 0.2) is 36.7 Å². The number of aryl methyl sites for hydroxylation is 1. The van der Waals surface area contributed by atoms with Crippen molar-refractivity contribution in [3.63, 3.8) is 0 Å². The minimum absolute atomic E-state index is 0.563. The zero-order valence-electron chi connectivity index (χ0n) is 9.50. The summed E-state index contributed by atoms with van der Waals surface area (Å²) in [7, 11) is 0. The first-order valence-electron chi connectivity index (χ1n) is 5.55. The maximum atomic E-state index is 8.46. The number of anilines is 1. The molecule has 0 aliphatic heterocycles. The lowest BCUT2D eigenvalue weighted by Gasteiger charge is -1.99. The first-order valence-corrected chi connectivity index (χ1v) is 5.55. The fourth-order valence-corrected chi connectivity index (χ4v) is 1.67. The maximum Gasteiger partial charge on any atom is 0.0622 e. The van der Waals surface area contributed by atoms with E-state index in [1.807, 2.05) is 41.3 Å². The third-order valence-corrected chi connectivity index (χ3v) is 2.53. The zero-order valence-corrected chi connectivity index (χ0v) is 9.50. The van der Waals surface area contributed by atoms with Crippen LogP contribution in [-0.4, -0.2) is 9.78 Å². The molecule has 1 aromatic heterocycles. The van der Waals surface area contributed by atoms with Gasteiger partial charge in [0.05, 0.1) is 12.3 Å². The molecule has 0 atom stereocenters. The summed E-state index contributed by atoms with van der Waals surface area (Å²) in [4.78, 5) is 0. The van der Waals surface area contributed by atoms with Crippen LogP contribution in [0.5, 0.6) is 0 Å². The van der Waals surface area contributed by atoms with E-state index in [0.29, 0.717) is 6.42 Å². The Morgan fingerprint density at radius 3 is 3.00 bits per heavy atom. The number of nitriles is 1. The number of rotatable bonds is 4. The minimum atomic E-state index is 0.563. The van der Waals surface area contributed by atoms with Gasteiger partial charge in [0.2, 0.25) is 0 Å². The van der Waals surface area contributed by atoms with Gasteiger partial charge in [-0.3, -0.25) is 4.68 Å². The van der Waals surface area contributed by atoms with E-state index >= 15 is 0 Å². The number of hydrogen-bond acceptors (Lipinski definition) is 3. The van der Waals surface area contributed by atoms with Crippen molar-refractivity contribution in [3.8, 4) is 17.2 Å². The minimum Gasteiger partial charge on any atom is -0.399 e. The van der Waals surface area contributed by atoms with E-state index in [-0.39, 0.29) is 0 Å². The van der Waals surface area contributed by atoms with Gasteiger partial charge in [0.15, 0.2) is 0 Å². The maximum absolute atomic E-state index is 8.46. The SMILES string of the molecule is N#CCCCn1cc(-c2cccc(N)c2)cn1. The molecular formula is C13H14N4. The first-order chi connectivity index (χ1) is 8.29. The smallest absolute Gasteiger partial charge is 0.0622 e. The quantitative estimate of drug-likeness (QED) is 0.643. The second-order valence-electron chi connectivity index (χ2n) is 3.88. The van der Waals surface area contributed by atoms with Gasteiger partial charge in [-0.1, -0.05) is 12.1 Å². The van der Waals surface area contributed by atoms with E-state index in [0.717, 1.165) is 29.8 Å². The van der Waals surface area contributed by atoms with Crippen molar-refractivity contribution in [2.75, 3.05) is 5.73 Å². The van der Waals surface area contributed by atoms with Crippen molar-refractivity contribution in [2.45, 2.75) is 19.4 Å². The molecule has 4 nitrogen and oxygen atoms in total. The van der Waals surface area contributed by atoms with Gasteiger partial charge in [-0.05, 0) is 24.1 Å². The predicted octanol–water partition coefficient (Wildman–Crippen LogP) is 2.44. The van der Waals surface area contributed by atoms with Crippen LogP contribution in [0.3, 0.4) is 0 Å². The van der Waals surface area contributed by atoms with Crippen LogP contribution in [0, 0.1) is 11.3 Å². The van der Waals surface area contributed by atoms with E-state index in [1.165, 1.54) is 0 Å². The molecule has 1 aromatic carbocycles. The molecule has 0 bridgehead atoms. The van der Waals surface area contributed by atoms with Gasteiger partial charge in [-0.15, -0.1) is 0 Å². The van der Waals surface area contributed by atoms with Gasteiger partial charge >= 0.3 is 0 Å². The molecule has 1 heterocycles. The molecule has 2 N–H and O–H groups in total. The third kappa shape index (κ3) is 2.85. The first kappa shape index (κ1) is 11.2. The van der Waals surface area contributed by atoms with Crippen molar-refractivity contribution >= 4 is 5.69 Å². The Bertz CT molecular complexity index is 536. The molecule has 0 saturated carbocycles. The number of nitrogen functional groups attached to an aromatic ring is 1. The number of aromatic nitrogens is 2. The number of nitrogens with two attached hydrogens (primary N) is 1. The molecule has 4 heteroatoms. The number of benzene rings is 1. The van der Waals surface area contributed by atoms with Crippen molar-refractivity contribution in [1.29, 1.82) is 5.26 Å². The van der Waals surface area contributed by atoms with Gasteiger partial charge in [0.25, 0.3) is 0 Å². The van der Waals surface area contributed by atoms with Crippen LogP contribution < -0.4 is 5.73 Å². The normalized spacial score (nSPS) is 10.1. The number of hydrogen-bond donors (Lipinski definition) is 1. The van der Waals surface area contributed by atoms with Crippen LogP contribution in [0.4, 0.5) is 5.69 Å². The zero-order chi connectivity index (χ0) is 12.1. The lowest BCUT2D eigenvalue weighted by Crippen LogP contribution is -1.97. The summed E-state index contributed by atoms with van der Waals surface area (Å²) in [5.74, 6) is 0. The Morgan fingerprint density at radius 1 is 1.35 bits per heavy atom. The van der Waals surface area contributed by atoms with E-state index in [4.69, 9.17) is 11.0 Å². The number of nitrogens with zero attached hydrogens (tertiary/aromatic N) is 3. The molecule has 0 saturated heterocycles. The van der Waals surface area contributed by atoms with Gasteiger partial charge in [-0.2, -0.15) is 10.4 Å². The fraction of sp³-hybridized carbons (Fsp3) is 0.231. The van der Waals surface area contributed by atoms with Crippen molar-refractivity contribution in [1.82, 2.24) is 9.78 Å². The summed E-state index contributed by atoms with van der Waals surface area (Å²) < 4.78 is 1.86. The standard InChI is InChI=1S/C13H14N4/c14-6-1-2-7-17-10-12(9-16-17)11-4-3-5-13(15)8-11/h3-5,8-10H,1-2,7,15H2. The molecule has 0 amide bonds. The molecule has 0 spiro atoms. The molecule has 17 heavy (non-hydrogen) atoms. The van der Waals surface area contributed by atoms with Gasteiger partial charge < -0.3 is 5.73 Å². The van der Waals surface area contributed by atoms with E-state index in [9.17, 15) is 0 Å². The highest BCUT2D eigenvalue weighted by atomic mass is 15.3. The second kappa shape index (κ2) is 5.17. The summed E-state index contributed by atoms with van der Waals surface area (Å²) in [6.45, 7) is 0.774. The molecule has 0 aliphatic carbocycles. The van der Waals surface area contributed by atoms with Crippen LogP contribution in [-0.2, 0) is 6.54 Å². The van der Waals surface area contributed by atoms with Crippen molar-refractivity contribution < 1.29 is 0 Å². The van der Waals surface area contributed by atoms with Gasteiger partial charge in [-0.25, -0.2) is 0 Å². The van der Waals surface area contributed by atoms with Gasteiger partial charge in [0.1, 0.15) is 0 Å². The summed E-state index contributed by atoms with van der Waals surface area (Å²) in [6.07, 6.45) is 5.19. The van der Waals surface area contributed by atoms with Crippen molar-refractivity contribution in [3.05, 3.63) is 36.7 Å². The molecule has 0 radical (unpaired) electrons. The fourth-order valence-electron chi connectivity index (χ4n) is 1.67. The van der Waals surface area contributed by atoms with Crippen LogP contribution in [0.2, 0.25) is 0 Å². The third-order valence-electron chi connectivity index (χ3n) is 2.53. The monoisotopic (exact) mass is 226 g/mol. The lowest BCUT2D eigenvalue weighted by molar-refractivity contribution is 0.586. The molecule has 0 unspecified atom stereocenters. The topological polar surface area (TPSA) is 67.6 Å². The molecule has 2 rings (SSSR count). The van der Waals surface area contributed by atoms with E-state index < -0.39 is 0 Å². The highest BCUT2D eigenvalue weighted by Crippen LogP contribution is 2.20. The lowest BCUT2D eigenvalue weighted by atomic mass is 10.1. The van der Waals surface area contributed by atoms with Crippen LogP contribution in [0.25, 0.3) is 11.1 Å². The predicted molar refractivity (Wildman–Crippen MR) is 66.9 cm³/mol. The Kier molecular flexibility index (Phi) is 3.41. The van der Waals surface area contributed by atoms with Crippen LogP contribution >= 0.6 is 0 Å². The average Bonchev–Trinajstić information content (AvgIpc) is 2.78. The molecule has 0 aliphatic rings. The summed E-state index contributed by atoms with van der Waals surface area (Å²) in [5, 5.41) is 12.7. The Hall–Kier alpha value is -2.28. The Balaban J connectivity index is 2.10. The van der Waals surface area contributed by atoms with E-state index in [2.05, 4.69) is 11.2 Å². The Labute approximate surface area is 100 Å². The van der Waals surface area contributed by atoms with Crippen LogP contribution in [0.1, 0.15) is 12.8 Å². The summed E-state index contributed by atoms with van der Waals surface area (Å²) in [6, 6.07) is 9.85. The molecule has 86 valence electrons. The van der Waals surface area contributed by atoms with E-state index in [1.54, 1.807) is 0 Å². The largest absolute Gasteiger partial charge is 0.399 e. The van der Waals surface area contributed by atoms with Gasteiger partial charge in [0, 0.05) is 30.4 Å². The highest BCUT2D eigenvalue weighted by Gasteiger charge is 2.01. The van der Waals surface area contributed by atoms with Crippen molar-refractivity contribution in [2.24, 2.45) is 0 Å². The Morgan fingerprint density at radius 2 is 2.24 bits per heavy atom. The second-order valence-corrected chi connectivity index (χ2v) is 3.88. The number of unbranched alkanes of at least 4 members (excludes halogenated alkanes) is 1.